The lowest BCUT2D eigenvalue weighted by molar-refractivity contribution is -0.141. The Morgan fingerprint density at radius 1 is 1.25 bits per heavy atom. The van der Waals surface area contributed by atoms with Gasteiger partial charge in [-0.3, -0.25) is 4.79 Å². The third kappa shape index (κ3) is 4.52. The standard InChI is InChI=1S/C13H27NO2/c1-7-10(11(15)16)8-14-9-13(5,6)12(2,3)4/h10,14H,7-9H2,1-6H3,(H,15,16). The van der Waals surface area contributed by atoms with Gasteiger partial charge >= 0.3 is 5.97 Å². The van der Waals surface area contributed by atoms with Crippen molar-refractivity contribution in [2.24, 2.45) is 16.7 Å². The van der Waals surface area contributed by atoms with Crippen LogP contribution < -0.4 is 5.32 Å². The van der Waals surface area contributed by atoms with Gasteiger partial charge in [-0.15, -0.1) is 0 Å². The van der Waals surface area contributed by atoms with Crippen LogP contribution in [0.2, 0.25) is 0 Å². The van der Waals surface area contributed by atoms with E-state index in [9.17, 15) is 4.79 Å². The molecule has 0 fully saturated rings. The Bertz CT molecular complexity index is 229. The number of hydrogen-bond donors (Lipinski definition) is 2. The summed E-state index contributed by atoms with van der Waals surface area (Å²) in [5, 5.41) is 12.2. The Kier molecular flexibility index (Phi) is 5.47. The van der Waals surface area contributed by atoms with Crippen LogP contribution in [0.25, 0.3) is 0 Å². The molecule has 0 saturated heterocycles. The average molecular weight is 229 g/mol. The summed E-state index contributed by atoms with van der Waals surface area (Å²) in [6.07, 6.45) is 0.679. The third-order valence-electron chi connectivity index (χ3n) is 3.83. The quantitative estimate of drug-likeness (QED) is 0.736. The Morgan fingerprint density at radius 2 is 1.75 bits per heavy atom. The van der Waals surface area contributed by atoms with E-state index >= 15 is 0 Å². The largest absolute Gasteiger partial charge is 0.481 e. The van der Waals surface area contributed by atoms with Gasteiger partial charge in [0.05, 0.1) is 5.92 Å². The smallest absolute Gasteiger partial charge is 0.307 e. The summed E-state index contributed by atoms with van der Waals surface area (Å²) in [6.45, 7) is 14.4. The zero-order chi connectivity index (χ0) is 13.0. The van der Waals surface area contributed by atoms with Crippen molar-refractivity contribution in [3.63, 3.8) is 0 Å². The van der Waals surface area contributed by atoms with Gasteiger partial charge in [-0.25, -0.2) is 0 Å². The summed E-state index contributed by atoms with van der Waals surface area (Å²) in [7, 11) is 0. The SMILES string of the molecule is CCC(CNCC(C)(C)C(C)(C)C)C(=O)O. The van der Waals surface area contributed by atoms with E-state index in [4.69, 9.17) is 5.11 Å². The van der Waals surface area contributed by atoms with Gasteiger partial charge in [0.25, 0.3) is 0 Å². The van der Waals surface area contributed by atoms with Crippen LogP contribution in [0.15, 0.2) is 0 Å². The molecule has 0 bridgehead atoms. The van der Waals surface area contributed by atoms with Crippen molar-refractivity contribution < 1.29 is 9.90 Å². The highest BCUT2D eigenvalue weighted by Crippen LogP contribution is 2.36. The Morgan fingerprint density at radius 3 is 2.06 bits per heavy atom. The van der Waals surface area contributed by atoms with Crippen molar-refractivity contribution in [1.29, 1.82) is 0 Å². The van der Waals surface area contributed by atoms with E-state index in [1.807, 2.05) is 6.92 Å². The van der Waals surface area contributed by atoms with Crippen molar-refractivity contribution in [3.8, 4) is 0 Å². The van der Waals surface area contributed by atoms with E-state index < -0.39 is 5.97 Å². The average Bonchev–Trinajstić information content (AvgIpc) is 2.09. The molecule has 16 heavy (non-hydrogen) atoms. The van der Waals surface area contributed by atoms with Crippen LogP contribution in [0, 0.1) is 16.7 Å². The van der Waals surface area contributed by atoms with Crippen LogP contribution in [0.4, 0.5) is 0 Å². The second-order valence-electron chi connectivity index (χ2n) is 6.21. The third-order valence-corrected chi connectivity index (χ3v) is 3.83. The highest BCUT2D eigenvalue weighted by atomic mass is 16.4. The predicted molar refractivity (Wildman–Crippen MR) is 67.5 cm³/mol. The van der Waals surface area contributed by atoms with Gasteiger partial charge in [0.2, 0.25) is 0 Å². The molecule has 3 heteroatoms. The lowest BCUT2D eigenvalue weighted by atomic mass is 9.69. The van der Waals surface area contributed by atoms with Crippen molar-refractivity contribution >= 4 is 5.97 Å². The molecule has 3 nitrogen and oxygen atoms in total. The zero-order valence-corrected chi connectivity index (χ0v) is 11.6. The van der Waals surface area contributed by atoms with E-state index in [1.165, 1.54) is 0 Å². The fourth-order valence-corrected chi connectivity index (χ4v) is 1.23. The molecule has 0 heterocycles. The molecule has 0 radical (unpaired) electrons. The molecular formula is C13H27NO2. The molecule has 0 spiro atoms. The number of rotatable bonds is 6. The Hall–Kier alpha value is -0.570. The minimum absolute atomic E-state index is 0.157. The number of carbonyl (C=O) groups is 1. The maximum absolute atomic E-state index is 10.8. The molecule has 1 atom stereocenters. The van der Waals surface area contributed by atoms with Crippen LogP contribution in [-0.2, 0) is 4.79 Å². The normalized spacial score (nSPS) is 14.9. The number of nitrogens with one attached hydrogen (secondary N) is 1. The number of aliphatic carboxylic acids is 1. The van der Waals surface area contributed by atoms with E-state index in [1.54, 1.807) is 0 Å². The van der Waals surface area contributed by atoms with Crippen LogP contribution >= 0.6 is 0 Å². The first-order valence-electron chi connectivity index (χ1n) is 6.05. The van der Waals surface area contributed by atoms with Gasteiger partial charge in [0.15, 0.2) is 0 Å². The van der Waals surface area contributed by atoms with Crippen molar-refractivity contribution in [1.82, 2.24) is 5.32 Å². The number of hydrogen-bond acceptors (Lipinski definition) is 2. The first-order valence-corrected chi connectivity index (χ1v) is 6.05. The molecule has 0 aromatic heterocycles. The topological polar surface area (TPSA) is 49.3 Å². The number of carboxylic acids is 1. The Labute approximate surface area is 99.6 Å². The van der Waals surface area contributed by atoms with E-state index in [2.05, 4.69) is 39.9 Å². The van der Waals surface area contributed by atoms with E-state index in [0.717, 1.165) is 6.54 Å². The number of carboxylic acid groups (broad SMARTS) is 1. The monoisotopic (exact) mass is 229 g/mol. The molecule has 0 saturated carbocycles. The van der Waals surface area contributed by atoms with Crippen LogP contribution in [0.3, 0.4) is 0 Å². The first kappa shape index (κ1) is 15.4. The molecule has 0 aliphatic carbocycles. The molecule has 2 N–H and O–H groups in total. The molecule has 0 aliphatic rings. The van der Waals surface area contributed by atoms with Gasteiger partial charge in [0.1, 0.15) is 0 Å². The first-order chi connectivity index (χ1) is 7.12. The van der Waals surface area contributed by atoms with Gasteiger partial charge in [-0.2, -0.15) is 0 Å². The molecular weight excluding hydrogens is 202 g/mol. The van der Waals surface area contributed by atoms with Crippen LogP contribution in [0.5, 0.6) is 0 Å². The maximum Gasteiger partial charge on any atom is 0.307 e. The van der Waals surface area contributed by atoms with Crippen LogP contribution in [-0.4, -0.2) is 24.2 Å². The molecule has 1 unspecified atom stereocenters. The fraction of sp³-hybridized carbons (Fsp3) is 0.923. The summed E-state index contributed by atoms with van der Waals surface area (Å²) in [5.41, 5.74) is 0.370. The fourth-order valence-electron chi connectivity index (χ4n) is 1.23. The summed E-state index contributed by atoms with van der Waals surface area (Å²) in [5.74, 6) is -0.973. The summed E-state index contributed by atoms with van der Waals surface area (Å²) in [6, 6.07) is 0. The highest BCUT2D eigenvalue weighted by molar-refractivity contribution is 5.70. The Balaban J connectivity index is 4.12. The minimum Gasteiger partial charge on any atom is -0.481 e. The van der Waals surface area contributed by atoms with Gasteiger partial charge in [0, 0.05) is 13.1 Å². The van der Waals surface area contributed by atoms with Crippen molar-refractivity contribution in [2.75, 3.05) is 13.1 Å². The summed E-state index contributed by atoms with van der Waals surface area (Å²) < 4.78 is 0. The minimum atomic E-state index is -0.705. The molecule has 0 aromatic rings. The van der Waals surface area contributed by atoms with E-state index in [0.29, 0.717) is 13.0 Å². The zero-order valence-electron chi connectivity index (χ0n) is 11.6. The molecule has 96 valence electrons. The van der Waals surface area contributed by atoms with E-state index in [-0.39, 0.29) is 16.7 Å². The second kappa shape index (κ2) is 5.67. The second-order valence-corrected chi connectivity index (χ2v) is 6.21. The van der Waals surface area contributed by atoms with Gasteiger partial charge in [-0.1, -0.05) is 41.5 Å². The lowest BCUT2D eigenvalue weighted by Gasteiger charge is -2.39. The molecule has 0 aromatic carbocycles. The van der Waals surface area contributed by atoms with Gasteiger partial charge < -0.3 is 10.4 Å². The summed E-state index contributed by atoms with van der Waals surface area (Å²) in [4.78, 5) is 10.8. The van der Waals surface area contributed by atoms with Gasteiger partial charge in [-0.05, 0) is 17.3 Å². The predicted octanol–water partition coefficient (Wildman–Crippen LogP) is 2.76. The van der Waals surface area contributed by atoms with Crippen molar-refractivity contribution in [2.45, 2.75) is 48.0 Å². The summed E-state index contributed by atoms with van der Waals surface area (Å²) >= 11 is 0. The molecule has 0 amide bonds. The van der Waals surface area contributed by atoms with Crippen molar-refractivity contribution in [3.05, 3.63) is 0 Å². The molecule has 0 aliphatic heterocycles. The van der Waals surface area contributed by atoms with Crippen LogP contribution in [0.1, 0.15) is 48.0 Å². The highest BCUT2D eigenvalue weighted by Gasteiger charge is 2.32. The lowest BCUT2D eigenvalue weighted by Crippen LogP contribution is -2.41. The maximum atomic E-state index is 10.8. The molecule has 0 rings (SSSR count).